The fraction of sp³-hybridized carbons (Fsp3) is 0.571. The predicted molar refractivity (Wildman–Crippen MR) is 65.5 cm³/mol. The molecule has 15 heavy (non-hydrogen) atoms. The van der Waals surface area contributed by atoms with Gasteiger partial charge < -0.3 is 4.74 Å². The summed E-state index contributed by atoms with van der Waals surface area (Å²) in [6, 6.07) is 8.46. The molecule has 0 unspecified atom stereocenters. The van der Waals surface area contributed by atoms with Crippen LogP contribution in [0.2, 0.25) is 0 Å². The van der Waals surface area contributed by atoms with Gasteiger partial charge in [0.25, 0.3) is 0 Å². The van der Waals surface area contributed by atoms with E-state index in [1.54, 1.807) is 0 Å². The lowest BCUT2D eigenvalue weighted by molar-refractivity contribution is 0.306. The van der Waals surface area contributed by atoms with Gasteiger partial charge >= 0.3 is 0 Å². The van der Waals surface area contributed by atoms with Gasteiger partial charge in [-0.1, -0.05) is 45.2 Å². The maximum Gasteiger partial charge on any atom is 0.119 e. The molecule has 0 spiro atoms. The minimum atomic E-state index is 0.851. The van der Waals surface area contributed by atoms with E-state index in [-0.39, 0.29) is 0 Å². The van der Waals surface area contributed by atoms with Crippen LogP contribution in [-0.4, -0.2) is 6.61 Å². The standard InChI is InChI=1S/C14H22O/c1-3-5-6-11-15-14-10-7-9-13(12-14)8-4-2/h7,9-10,12H,3-6,8,11H2,1-2H3. The van der Waals surface area contributed by atoms with Crippen molar-refractivity contribution in [2.24, 2.45) is 0 Å². The van der Waals surface area contributed by atoms with Gasteiger partial charge in [0.15, 0.2) is 0 Å². The van der Waals surface area contributed by atoms with Gasteiger partial charge in [0.2, 0.25) is 0 Å². The van der Waals surface area contributed by atoms with Crippen LogP contribution in [0.1, 0.15) is 45.1 Å². The fourth-order valence-electron chi connectivity index (χ4n) is 1.62. The molecule has 1 aromatic rings. The number of unbranched alkanes of at least 4 members (excludes halogenated alkanes) is 2. The molecule has 0 bridgehead atoms. The average Bonchev–Trinajstić information content (AvgIpc) is 2.26. The lowest BCUT2D eigenvalue weighted by atomic mass is 10.1. The highest BCUT2D eigenvalue weighted by Gasteiger charge is 1.96. The predicted octanol–water partition coefficient (Wildman–Crippen LogP) is 4.21. The SMILES string of the molecule is CCCCCOc1cccc(CCC)c1. The van der Waals surface area contributed by atoms with Crippen molar-refractivity contribution >= 4 is 0 Å². The van der Waals surface area contributed by atoms with Crippen molar-refractivity contribution in [1.29, 1.82) is 0 Å². The highest BCUT2D eigenvalue weighted by molar-refractivity contribution is 5.28. The first-order valence-corrected chi connectivity index (χ1v) is 6.08. The highest BCUT2D eigenvalue weighted by atomic mass is 16.5. The van der Waals surface area contributed by atoms with E-state index in [2.05, 4.69) is 32.0 Å². The number of rotatable bonds is 7. The van der Waals surface area contributed by atoms with Gasteiger partial charge in [0, 0.05) is 0 Å². The van der Waals surface area contributed by atoms with Crippen LogP contribution < -0.4 is 4.74 Å². The van der Waals surface area contributed by atoms with E-state index in [1.807, 2.05) is 6.07 Å². The third kappa shape index (κ3) is 4.87. The second kappa shape index (κ2) is 7.33. The van der Waals surface area contributed by atoms with Crippen LogP contribution in [-0.2, 0) is 6.42 Å². The van der Waals surface area contributed by atoms with Crippen molar-refractivity contribution in [1.82, 2.24) is 0 Å². The van der Waals surface area contributed by atoms with E-state index >= 15 is 0 Å². The van der Waals surface area contributed by atoms with E-state index in [0.717, 1.165) is 25.2 Å². The lowest BCUT2D eigenvalue weighted by Crippen LogP contribution is -1.97. The third-order valence-corrected chi connectivity index (χ3v) is 2.45. The quantitative estimate of drug-likeness (QED) is 0.607. The molecule has 0 aliphatic carbocycles. The molecule has 0 amide bonds. The Labute approximate surface area is 93.5 Å². The normalized spacial score (nSPS) is 10.3. The minimum absolute atomic E-state index is 0.851. The van der Waals surface area contributed by atoms with Crippen molar-refractivity contribution in [3.05, 3.63) is 29.8 Å². The summed E-state index contributed by atoms with van der Waals surface area (Å²) in [5, 5.41) is 0. The Bertz CT molecular complexity index is 268. The fourth-order valence-corrected chi connectivity index (χ4v) is 1.62. The summed E-state index contributed by atoms with van der Waals surface area (Å²) in [7, 11) is 0. The molecule has 0 aliphatic heterocycles. The van der Waals surface area contributed by atoms with Crippen LogP contribution in [0.3, 0.4) is 0 Å². The molecular weight excluding hydrogens is 184 g/mol. The van der Waals surface area contributed by atoms with Crippen molar-refractivity contribution in [3.63, 3.8) is 0 Å². The Kier molecular flexibility index (Phi) is 5.91. The third-order valence-electron chi connectivity index (χ3n) is 2.45. The first kappa shape index (κ1) is 12.1. The molecule has 0 aliphatic rings. The van der Waals surface area contributed by atoms with Crippen LogP contribution in [0.15, 0.2) is 24.3 Å². The maximum atomic E-state index is 5.70. The zero-order valence-corrected chi connectivity index (χ0v) is 9.96. The summed E-state index contributed by atoms with van der Waals surface area (Å²) in [4.78, 5) is 0. The van der Waals surface area contributed by atoms with Crippen LogP contribution in [0.4, 0.5) is 0 Å². The van der Waals surface area contributed by atoms with Crippen molar-refractivity contribution in [2.75, 3.05) is 6.61 Å². The molecule has 0 radical (unpaired) electrons. The number of hydrogen-bond acceptors (Lipinski definition) is 1. The molecule has 0 aromatic heterocycles. The maximum absolute atomic E-state index is 5.70. The average molecular weight is 206 g/mol. The van der Waals surface area contributed by atoms with E-state index in [0.29, 0.717) is 0 Å². The Hall–Kier alpha value is -0.980. The first-order chi connectivity index (χ1) is 7.36. The second-order valence-corrected chi connectivity index (χ2v) is 3.95. The van der Waals surface area contributed by atoms with Crippen LogP contribution in [0.25, 0.3) is 0 Å². The van der Waals surface area contributed by atoms with Gasteiger partial charge in [0.1, 0.15) is 5.75 Å². The first-order valence-electron chi connectivity index (χ1n) is 6.08. The molecular formula is C14H22O. The van der Waals surface area contributed by atoms with Gasteiger partial charge in [-0.05, 0) is 30.5 Å². The smallest absolute Gasteiger partial charge is 0.119 e. The Balaban J connectivity index is 2.36. The number of ether oxygens (including phenoxy) is 1. The van der Waals surface area contributed by atoms with Gasteiger partial charge in [-0.2, -0.15) is 0 Å². The zero-order chi connectivity index (χ0) is 10.9. The summed E-state index contributed by atoms with van der Waals surface area (Å²) in [6.45, 7) is 5.26. The minimum Gasteiger partial charge on any atom is -0.494 e. The topological polar surface area (TPSA) is 9.23 Å². The van der Waals surface area contributed by atoms with Crippen molar-refractivity contribution < 1.29 is 4.74 Å². The monoisotopic (exact) mass is 206 g/mol. The van der Waals surface area contributed by atoms with Crippen LogP contribution in [0.5, 0.6) is 5.75 Å². The Morgan fingerprint density at radius 3 is 2.67 bits per heavy atom. The van der Waals surface area contributed by atoms with Gasteiger partial charge in [-0.25, -0.2) is 0 Å². The summed E-state index contributed by atoms with van der Waals surface area (Å²) in [6.07, 6.45) is 6.01. The summed E-state index contributed by atoms with van der Waals surface area (Å²) in [5.41, 5.74) is 1.38. The van der Waals surface area contributed by atoms with Crippen molar-refractivity contribution in [2.45, 2.75) is 46.0 Å². The number of hydrogen-bond donors (Lipinski definition) is 0. The second-order valence-electron chi connectivity index (χ2n) is 3.95. The van der Waals surface area contributed by atoms with Crippen molar-refractivity contribution in [3.8, 4) is 5.75 Å². The largest absolute Gasteiger partial charge is 0.494 e. The molecule has 1 rings (SSSR count). The van der Waals surface area contributed by atoms with E-state index in [1.165, 1.54) is 24.8 Å². The van der Waals surface area contributed by atoms with Crippen LogP contribution >= 0.6 is 0 Å². The summed E-state index contributed by atoms with van der Waals surface area (Å²) in [5.74, 6) is 1.03. The van der Waals surface area contributed by atoms with Gasteiger partial charge in [-0.15, -0.1) is 0 Å². The molecule has 0 N–H and O–H groups in total. The molecule has 0 fully saturated rings. The molecule has 1 heteroatoms. The molecule has 1 aromatic carbocycles. The van der Waals surface area contributed by atoms with E-state index < -0.39 is 0 Å². The van der Waals surface area contributed by atoms with E-state index in [9.17, 15) is 0 Å². The zero-order valence-electron chi connectivity index (χ0n) is 9.96. The number of benzene rings is 1. The molecule has 84 valence electrons. The number of aryl methyl sites for hydroxylation is 1. The summed E-state index contributed by atoms with van der Waals surface area (Å²) < 4.78 is 5.70. The van der Waals surface area contributed by atoms with Gasteiger partial charge in [-0.3, -0.25) is 0 Å². The summed E-state index contributed by atoms with van der Waals surface area (Å²) >= 11 is 0. The molecule has 0 saturated carbocycles. The lowest BCUT2D eigenvalue weighted by Gasteiger charge is -2.07. The molecule has 0 heterocycles. The Morgan fingerprint density at radius 1 is 1.07 bits per heavy atom. The molecule has 1 nitrogen and oxygen atoms in total. The van der Waals surface area contributed by atoms with Crippen LogP contribution in [0, 0.1) is 0 Å². The van der Waals surface area contributed by atoms with E-state index in [4.69, 9.17) is 4.74 Å². The molecule has 0 atom stereocenters. The highest BCUT2D eigenvalue weighted by Crippen LogP contribution is 2.15. The molecule has 0 saturated heterocycles. The Morgan fingerprint density at radius 2 is 1.93 bits per heavy atom. The van der Waals surface area contributed by atoms with Gasteiger partial charge in [0.05, 0.1) is 6.61 Å².